The third-order valence-electron chi connectivity index (χ3n) is 6.86. The minimum absolute atomic E-state index is 0.0454. The van der Waals surface area contributed by atoms with Crippen molar-refractivity contribution in [1.29, 1.82) is 5.26 Å². The summed E-state index contributed by atoms with van der Waals surface area (Å²) < 4.78 is 0.449. The molecule has 0 bridgehead atoms. The van der Waals surface area contributed by atoms with Gasteiger partial charge in [0.05, 0.1) is 38.9 Å². The summed E-state index contributed by atoms with van der Waals surface area (Å²) in [5, 5.41) is 32.9. The number of nitriles is 1. The van der Waals surface area contributed by atoms with E-state index in [9.17, 15) is 25.0 Å². The number of benzene rings is 2. The quantitative estimate of drug-likeness (QED) is 0.188. The lowest BCUT2D eigenvalue weighted by molar-refractivity contribution is -0.384. The normalized spacial score (nSPS) is 18.0. The second-order valence-electron chi connectivity index (χ2n) is 10.5. The third kappa shape index (κ3) is 5.74. The lowest BCUT2D eigenvalue weighted by Crippen LogP contribution is -2.42. The number of allylic oxidation sites excluding steroid dienone is 3. The van der Waals surface area contributed by atoms with Crippen LogP contribution in [0.3, 0.4) is 0 Å². The van der Waals surface area contributed by atoms with E-state index < -0.39 is 16.7 Å². The Morgan fingerprint density at radius 1 is 1.29 bits per heavy atom. The molecule has 0 saturated carbocycles. The summed E-state index contributed by atoms with van der Waals surface area (Å²) in [6, 6.07) is 15.4. The fourth-order valence-electron chi connectivity index (χ4n) is 5.09. The molecular formula is C28H24ClN7O4S2. The summed E-state index contributed by atoms with van der Waals surface area (Å²) in [5.41, 5.74) is 8.51. The van der Waals surface area contributed by atoms with Crippen molar-refractivity contribution < 1.29 is 14.5 Å². The van der Waals surface area contributed by atoms with E-state index in [4.69, 9.17) is 17.3 Å². The SMILES string of the molecule is CC1(C)CC(=O)C2=C(C1)N(c1nnc(SCC(=O)Nc3cc([N+](=O)[O-])ccc3Cl)s1)C(N)=C(C#N)C2c1ccccc1. The molecule has 1 amide bonds. The average molecular weight is 622 g/mol. The highest BCUT2D eigenvalue weighted by molar-refractivity contribution is 8.01. The number of anilines is 2. The number of nitrogens with one attached hydrogen (secondary N) is 1. The van der Waals surface area contributed by atoms with Crippen molar-refractivity contribution in [1.82, 2.24) is 10.2 Å². The van der Waals surface area contributed by atoms with Crippen LogP contribution in [0.25, 0.3) is 0 Å². The maximum Gasteiger partial charge on any atom is 0.271 e. The Labute approximate surface area is 254 Å². The number of nitrogens with zero attached hydrogens (tertiary/aromatic N) is 5. The number of amides is 1. The van der Waals surface area contributed by atoms with Crippen LogP contribution in [-0.2, 0) is 9.59 Å². The second-order valence-corrected chi connectivity index (χ2v) is 13.1. The van der Waals surface area contributed by atoms with Crippen LogP contribution in [-0.4, -0.2) is 32.6 Å². The molecule has 214 valence electrons. The number of nitro benzene ring substituents is 1. The highest BCUT2D eigenvalue weighted by atomic mass is 35.5. The molecule has 0 saturated heterocycles. The van der Waals surface area contributed by atoms with Crippen LogP contribution in [0.1, 0.15) is 38.2 Å². The van der Waals surface area contributed by atoms with E-state index >= 15 is 0 Å². The first kappa shape index (κ1) is 29.2. The Kier molecular flexibility index (Phi) is 8.05. The molecule has 2 aromatic carbocycles. The molecule has 1 atom stereocenters. The molecule has 0 radical (unpaired) electrons. The van der Waals surface area contributed by atoms with Crippen LogP contribution in [0, 0.1) is 26.9 Å². The monoisotopic (exact) mass is 621 g/mol. The fourth-order valence-corrected chi connectivity index (χ4v) is 6.94. The van der Waals surface area contributed by atoms with Gasteiger partial charge in [0, 0.05) is 29.8 Å². The number of Topliss-reactive ketones (excluding diaryl/α,β-unsaturated/α-hetero) is 1. The molecule has 0 spiro atoms. The van der Waals surface area contributed by atoms with Crippen molar-refractivity contribution in [2.75, 3.05) is 16.0 Å². The Bertz CT molecular complexity index is 1710. The van der Waals surface area contributed by atoms with Gasteiger partial charge in [0.25, 0.3) is 5.69 Å². The highest BCUT2D eigenvalue weighted by Gasteiger charge is 2.45. The number of carbonyl (C=O) groups is 2. The van der Waals surface area contributed by atoms with E-state index in [0.29, 0.717) is 33.6 Å². The zero-order valence-corrected chi connectivity index (χ0v) is 24.8. The van der Waals surface area contributed by atoms with E-state index in [1.54, 1.807) is 4.90 Å². The minimum Gasteiger partial charge on any atom is -0.384 e. The molecule has 2 heterocycles. The number of non-ortho nitro benzene ring substituents is 1. The van der Waals surface area contributed by atoms with Crippen molar-refractivity contribution in [2.45, 2.75) is 36.9 Å². The average Bonchev–Trinajstić information content (AvgIpc) is 3.40. The van der Waals surface area contributed by atoms with Crippen LogP contribution < -0.4 is 16.0 Å². The Hall–Kier alpha value is -4.25. The molecule has 1 aliphatic heterocycles. The zero-order valence-electron chi connectivity index (χ0n) is 22.5. The number of ketones is 1. The topological polar surface area (TPSA) is 168 Å². The number of nitro groups is 1. The van der Waals surface area contributed by atoms with E-state index in [-0.39, 0.29) is 44.7 Å². The number of nitrogens with two attached hydrogens (primary N) is 1. The summed E-state index contributed by atoms with van der Waals surface area (Å²) in [5.74, 6) is -0.967. The van der Waals surface area contributed by atoms with E-state index in [2.05, 4.69) is 21.6 Å². The molecule has 1 unspecified atom stereocenters. The number of hydrogen-bond donors (Lipinski definition) is 2. The van der Waals surface area contributed by atoms with E-state index in [1.807, 2.05) is 44.2 Å². The second kappa shape index (κ2) is 11.6. The smallest absolute Gasteiger partial charge is 0.271 e. The van der Waals surface area contributed by atoms with Gasteiger partial charge in [-0.15, -0.1) is 10.2 Å². The van der Waals surface area contributed by atoms with Gasteiger partial charge < -0.3 is 11.1 Å². The maximum absolute atomic E-state index is 13.6. The van der Waals surface area contributed by atoms with Gasteiger partial charge in [-0.25, -0.2) is 0 Å². The van der Waals surface area contributed by atoms with Gasteiger partial charge in [0.1, 0.15) is 5.82 Å². The van der Waals surface area contributed by atoms with Gasteiger partial charge in [-0.1, -0.05) is 78.9 Å². The van der Waals surface area contributed by atoms with E-state index in [1.165, 1.54) is 29.5 Å². The van der Waals surface area contributed by atoms with Gasteiger partial charge >= 0.3 is 0 Å². The van der Waals surface area contributed by atoms with Gasteiger partial charge in [-0.05, 0) is 23.5 Å². The molecule has 5 rings (SSSR count). The summed E-state index contributed by atoms with van der Waals surface area (Å²) in [6.07, 6.45) is 0.869. The Morgan fingerprint density at radius 2 is 2.02 bits per heavy atom. The summed E-state index contributed by atoms with van der Waals surface area (Å²) in [4.78, 5) is 38.3. The number of carbonyl (C=O) groups excluding carboxylic acids is 2. The molecular weight excluding hydrogens is 598 g/mol. The zero-order chi connectivity index (χ0) is 30.2. The third-order valence-corrected chi connectivity index (χ3v) is 9.23. The summed E-state index contributed by atoms with van der Waals surface area (Å²) in [6.45, 7) is 4.02. The Balaban J connectivity index is 1.42. The van der Waals surface area contributed by atoms with E-state index in [0.717, 1.165) is 17.3 Å². The van der Waals surface area contributed by atoms with Gasteiger partial charge in [0.2, 0.25) is 11.0 Å². The van der Waals surface area contributed by atoms with Crippen LogP contribution in [0.2, 0.25) is 5.02 Å². The number of aromatic nitrogens is 2. The number of thioether (sulfide) groups is 1. The highest BCUT2D eigenvalue weighted by Crippen LogP contribution is 2.50. The Morgan fingerprint density at radius 3 is 2.71 bits per heavy atom. The summed E-state index contributed by atoms with van der Waals surface area (Å²) >= 11 is 8.37. The standard InChI is InChI=1S/C28H24ClN7O4S2/c1-28(2)11-20-24(21(37)12-28)23(15-6-4-3-5-7-15)17(13-30)25(31)35(20)26-33-34-27(42-26)41-14-22(38)32-19-10-16(36(39)40)8-9-18(19)29/h3-10,23H,11-12,14,31H2,1-2H3,(H,32,38). The number of halogens is 1. The molecule has 0 fully saturated rings. The van der Waals surface area contributed by atoms with Crippen molar-refractivity contribution in [3.8, 4) is 6.07 Å². The predicted octanol–water partition coefficient (Wildman–Crippen LogP) is 5.77. The van der Waals surface area contributed by atoms with Crippen molar-refractivity contribution in [3.05, 3.63) is 91.9 Å². The number of hydrogen-bond acceptors (Lipinski definition) is 11. The molecule has 2 aliphatic rings. The van der Waals surface area contributed by atoms with Crippen molar-refractivity contribution in [3.63, 3.8) is 0 Å². The molecule has 11 nitrogen and oxygen atoms in total. The molecule has 42 heavy (non-hydrogen) atoms. The lowest BCUT2D eigenvalue weighted by atomic mass is 9.69. The van der Waals surface area contributed by atoms with Crippen LogP contribution in [0.5, 0.6) is 0 Å². The molecule has 1 aliphatic carbocycles. The first-order valence-corrected chi connectivity index (χ1v) is 14.9. The number of rotatable bonds is 7. The first-order chi connectivity index (χ1) is 20.0. The molecule has 3 aromatic rings. The first-order valence-electron chi connectivity index (χ1n) is 12.7. The largest absolute Gasteiger partial charge is 0.384 e. The van der Waals surface area contributed by atoms with Crippen molar-refractivity contribution in [2.24, 2.45) is 11.1 Å². The minimum atomic E-state index is -0.586. The van der Waals surface area contributed by atoms with Crippen LogP contribution in [0.15, 0.2) is 75.5 Å². The maximum atomic E-state index is 13.6. The van der Waals surface area contributed by atoms with Gasteiger partial charge in [0.15, 0.2) is 10.1 Å². The molecule has 1 aromatic heterocycles. The lowest BCUT2D eigenvalue weighted by Gasteiger charge is -2.42. The summed E-state index contributed by atoms with van der Waals surface area (Å²) in [7, 11) is 0. The van der Waals surface area contributed by atoms with Crippen LogP contribution in [0.4, 0.5) is 16.5 Å². The predicted molar refractivity (Wildman–Crippen MR) is 161 cm³/mol. The molecule has 3 N–H and O–H groups in total. The fraction of sp³-hybridized carbons (Fsp3) is 0.250. The molecule has 14 heteroatoms. The van der Waals surface area contributed by atoms with Crippen LogP contribution >= 0.6 is 34.7 Å². The van der Waals surface area contributed by atoms with Crippen molar-refractivity contribution >= 4 is 62.9 Å². The van der Waals surface area contributed by atoms with Gasteiger partial charge in [-0.2, -0.15) is 5.26 Å². The van der Waals surface area contributed by atoms with Gasteiger partial charge in [-0.3, -0.25) is 24.6 Å².